The fraction of sp³-hybridized carbons (Fsp3) is 0.184. The first kappa shape index (κ1) is 33.6. The summed E-state index contributed by atoms with van der Waals surface area (Å²) in [4.78, 5) is 4.82. The van der Waals surface area contributed by atoms with Crippen LogP contribution in [-0.4, -0.2) is 19.3 Å². The zero-order chi connectivity index (χ0) is 36.8. The lowest BCUT2D eigenvalue weighted by Gasteiger charge is -2.30. The minimum Gasteiger partial charge on any atom is -0.457 e. The van der Waals surface area contributed by atoms with Crippen LogP contribution in [0.1, 0.15) is 56.2 Å². The van der Waals surface area contributed by atoms with Crippen LogP contribution in [0.3, 0.4) is 0 Å². The number of pyridine rings is 1. The molecule has 0 bridgehead atoms. The number of ether oxygens (including phenoxy) is 1. The number of benzene rings is 5. The van der Waals surface area contributed by atoms with E-state index in [0.29, 0.717) is 5.92 Å². The van der Waals surface area contributed by atoms with Gasteiger partial charge in [0.25, 0.3) is 0 Å². The lowest BCUT2D eigenvalue weighted by Crippen LogP contribution is -2.16. The fourth-order valence-corrected chi connectivity index (χ4v) is 8.53. The van der Waals surface area contributed by atoms with E-state index in [1.165, 1.54) is 22.1 Å². The molecule has 0 amide bonds. The van der Waals surface area contributed by atoms with Gasteiger partial charge in [-0.15, -0.1) is 0 Å². The van der Waals surface area contributed by atoms with Gasteiger partial charge in [-0.25, -0.2) is 9.67 Å². The molecule has 0 saturated heterocycles. The number of para-hydroxylation sites is 1. The topological polar surface area (TPSA) is 44.9 Å². The highest BCUT2D eigenvalue weighted by Crippen LogP contribution is 2.47. The van der Waals surface area contributed by atoms with Gasteiger partial charge in [-0.05, 0) is 92.6 Å². The first-order valence-corrected chi connectivity index (χ1v) is 19.2. The number of aryl methyl sites for hydroxylation is 2. The molecule has 5 heteroatoms. The van der Waals surface area contributed by atoms with E-state index in [9.17, 15) is 0 Å². The second-order valence-corrected chi connectivity index (χ2v) is 14.7. The number of rotatable bonds is 8. The minimum atomic E-state index is 0.254. The van der Waals surface area contributed by atoms with Crippen molar-refractivity contribution in [3.8, 4) is 45.5 Å². The van der Waals surface area contributed by atoms with Crippen LogP contribution in [-0.2, 0) is 6.42 Å². The zero-order valence-electron chi connectivity index (χ0n) is 31.3. The first-order valence-electron chi connectivity index (χ1n) is 19.2. The van der Waals surface area contributed by atoms with E-state index in [0.717, 1.165) is 86.8 Å². The highest BCUT2D eigenvalue weighted by molar-refractivity contribution is 6.09. The Morgan fingerprint density at radius 1 is 0.722 bits per heavy atom. The monoisotopic (exact) mass is 704 g/mol. The van der Waals surface area contributed by atoms with Gasteiger partial charge in [-0.2, -0.15) is 5.10 Å². The summed E-state index contributed by atoms with van der Waals surface area (Å²) in [5.41, 5.74) is 12.6. The van der Waals surface area contributed by atoms with Crippen LogP contribution in [0.25, 0.3) is 55.8 Å². The molecule has 2 atom stereocenters. The SMILES string of the molecule is CCc1ccnc(-n2c3ccccc3c3ccc(Oc4cc(C)cc(-n5nc(-c6ccccc6)c([C@@H]6C(C)=CCC[C@@H]6C)c5-c5ccccc5)c4)cc32)c1. The number of hydrogen-bond donors (Lipinski definition) is 0. The summed E-state index contributed by atoms with van der Waals surface area (Å²) < 4.78 is 11.2. The van der Waals surface area contributed by atoms with E-state index in [1.807, 2.05) is 6.20 Å². The Bertz CT molecular complexity index is 2670. The van der Waals surface area contributed by atoms with Crippen molar-refractivity contribution in [1.82, 2.24) is 19.3 Å². The molecule has 5 aromatic carbocycles. The van der Waals surface area contributed by atoms with Crippen molar-refractivity contribution in [3.63, 3.8) is 0 Å². The Balaban J connectivity index is 1.20. The van der Waals surface area contributed by atoms with Gasteiger partial charge in [-0.1, -0.05) is 104 Å². The average Bonchev–Trinajstić information content (AvgIpc) is 3.75. The summed E-state index contributed by atoms with van der Waals surface area (Å²) in [5.74, 6) is 3.17. The average molecular weight is 705 g/mol. The number of nitrogens with zero attached hydrogens (tertiary/aromatic N) is 4. The molecule has 0 saturated carbocycles. The second-order valence-electron chi connectivity index (χ2n) is 14.7. The molecule has 0 N–H and O–H groups in total. The summed E-state index contributed by atoms with van der Waals surface area (Å²) in [6.45, 7) is 9.00. The minimum absolute atomic E-state index is 0.254. The molecule has 0 fully saturated rings. The van der Waals surface area contributed by atoms with E-state index in [1.54, 1.807) is 0 Å². The molecule has 3 aromatic heterocycles. The van der Waals surface area contributed by atoms with Gasteiger partial charge in [0.1, 0.15) is 17.3 Å². The zero-order valence-corrected chi connectivity index (χ0v) is 31.3. The van der Waals surface area contributed by atoms with Crippen molar-refractivity contribution < 1.29 is 4.74 Å². The molecular formula is C49H44N4O. The van der Waals surface area contributed by atoms with E-state index in [-0.39, 0.29) is 5.92 Å². The van der Waals surface area contributed by atoms with E-state index < -0.39 is 0 Å². The smallest absolute Gasteiger partial charge is 0.137 e. The second kappa shape index (κ2) is 14.0. The van der Waals surface area contributed by atoms with Crippen LogP contribution in [0.2, 0.25) is 0 Å². The van der Waals surface area contributed by atoms with Crippen LogP contribution in [0.5, 0.6) is 11.5 Å². The highest BCUT2D eigenvalue weighted by Gasteiger charge is 2.33. The van der Waals surface area contributed by atoms with E-state index in [2.05, 4.69) is 176 Å². The molecule has 0 radical (unpaired) electrons. The van der Waals surface area contributed by atoms with Gasteiger partial charge in [0, 0.05) is 51.7 Å². The molecule has 1 aliphatic carbocycles. The number of allylic oxidation sites excluding steroid dienone is 2. The molecule has 266 valence electrons. The quantitative estimate of drug-likeness (QED) is 0.148. The van der Waals surface area contributed by atoms with Crippen molar-refractivity contribution >= 4 is 21.8 Å². The number of hydrogen-bond acceptors (Lipinski definition) is 3. The van der Waals surface area contributed by atoms with Crippen LogP contribution in [0.15, 0.2) is 151 Å². The first-order chi connectivity index (χ1) is 26.5. The summed E-state index contributed by atoms with van der Waals surface area (Å²) in [6, 6.07) is 47.1. The molecule has 0 unspecified atom stereocenters. The predicted molar refractivity (Wildman–Crippen MR) is 222 cm³/mol. The van der Waals surface area contributed by atoms with E-state index in [4.69, 9.17) is 14.8 Å². The van der Waals surface area contributed by atoms with Crippen LogP contribution >= 0.6 is 0 Å². The van der Waals surface area contributed by atoms with Crippen LogP contribution in [0.4, 0.5) is 0 Å². The normalized spacial score (nSPS) is 15.8. The van der Waals surface area contributed by atoms with Crippen molar-refractivity contribution in [2.75, 3.05) is 0 Å². The fourth-order valence-electron chi connectivity index (χ4n) is 8.53. The molecule has 54 heavy (non-hydrogen) atoms. The van der Waals surface area contributed by atoms with Crippen molar-refractivity contribution in [3.05, 3.63) is 168 Å². The maximum absolute atomic E-state index is 6.79. The highest BCUT2D eigenvalue weighted by atomic mass is 16.5. The van der Waals surface area contributed by atoms with Gasteiger partial charge in [-0.3, -0.25) is 4.57 Å². The molecule has 1 aliphatic rings. The van der Waals surface area contributed by atoms with Gasteiger partial charge >= 0.3 is 0 Å². The Hall–Kier alpha value is -6.20. The molecule has 0 aliphatic heterocycles. The third kappa shape index (κ3) is 6.00. The lowest BCUT2D eigenvalue weighted by molar-refractivity contribution is 0.451. The van der Waals surface area contributed by atoms with Crippen molar-refractivity contribution in [2.24, 2.45) is 5.92 Å². The van der Waals surface area contributed by atoms with Gasteiger partial charge in [0.2, 0.25) is 0 Å². The van der Waals surface area contributed by atoms with Crippen LogP contribution in [0, 0.1) is 12.8 Å². The third-order valence-corrected chi connectivity index (χ3v) is 11.1. The maximum Gasteiger partial charge on any atom is 0.137 e. The van der Waals surface area contributed by atoms with Gasteiger partial charge < -0.3 is 4.74 Å². The van der Waals surface area contributed by atoms with E-state index >= 15 is 0 Å². The van der Waals surface area contributed by atoms with Gasteiger partial charge in [0.15, 0.2) is 0 Å². The maximum atomic E-state index is 6.79. The Labute approximate surface area is 317 Å². The summed E-state index contributed by atoms with van der Waals surface area (Å²) >= 11 is 0. The Morgan fingerprint density at radius 2 is 1.46 bits per heavy atom. The van der Waals surface area contributed by atoms with Crippen molar-refractivity contribution in [2.45, 2.75) is 52.9 Å². The molecule has 5 nitrogen and oxygen atoms in total. The Kier molecular flexibility index (Phi) is 8.70. The molecule has 9 rings (SSSR count). The largest absolute Gasteiger partial charge is 0.457 e. The standard InChI is InChI=1S/C49H44N4O/c1-5-35-25-26-50-45(29-35)52-43-22-13-12-21-41(43)42-24-23-39(31-44(42)52)54-40-28-32(2)27-38(30-40)53-49(37-19-10-7-11-20-37)47(46-33(3)15-14-16-34(46)4)48(51-53)36-17-8-6-9-18-36/h6-13,15,17-31,34,46H,5,14,16H2,1-4H3/t34-,46+/m0/s1. The molecule has 8 aromatic rings. The summed E-state index contributed by atoms with van der Waals surface area (Å²) in [7, 11) is 0. The third-order valence-electron chi connectivity index (χ3n) is 11.1. The lowest BCUT2D eigenvalue weighted by atomic mass is 9.74. The number of aromatic nitrogens is 4. The predicted octanol–water partition coefficient (Wildman–Crippen LogP) is 12.8. The summed E-state index contributed by atoms with van der Waals surface area (Å²) in [6.07, 6.45) is 7.55. The van der Waals surface area contributed by atoms with Crippen LogP contribution < -0.4 is 4.74 Å². The van der Waals surface area contributed by atoms with Crippen molar-refractivity contribution in [1.29, 1.82) is 0 Å². The Morgan fingerprint density at radius 3 is 2.24 bits per heavy atom. The number of fused-ring (bicyclic) bond motifs is 3. The molecule has 0 spiro atoms. The molecular weight excluding hydrogens is 661 g/mol. The summed E-state index contributed by atoms with van der Waals surface area (Å²) in [5, 5.41) is 7.86. The molecule has 3 heterocycles. The van der Waals surface area contributed by atoms with Gasteiger partial charge in [0.05, 0.1) is 28.1 Å².